The molecule has 5 nitrogen and oxygen atoms in total. The number of rotatable bonds is 5. The van der Waals surface area contributed by atoms with Crippen molar-refractivity contribution in [3.63, 3.8) is 0 Å². The maximum absolute atomic E-state index is 10.5. The van der Waals surface area contributed by atoms with E-state index < -0.39 is 6.10 Å². The highest BCUT2D eigenvalue weighted by Gasteiger charge is 2.42. The summed E-state index contributed by atoms with van der Waals surface area (Å²) in [7, 11) is 0. The molecule has 1 aliphatic heterocycles. The monoisotopic (exact) mass is 354 g/mol. The Morgan fingerprint density at radius 2 is 1.85 bits per heavy atom. The minimum Gasteiger partial charge on any atom is -0.508 e. The molecule has 138 valence electrons. The summed E-state index contributed by atoms with van der Waals surface area (Å²) in [5, 5.41) is 19.8. The lowest BCUT2D eigenvalue weighted by Crippen LogP contribution is -2.29. The zero-order valence-electron chi connectivity index (χ0n) is 15.1. The van der Waals surface area contributed by atoms with Crippen molar-refractivity contribution in [1.29, 1.82) is 0 Å². The first-order valence-electron chi connectivity index (χ1n) is 9.36. The Hall–Kier alpha value is -2.11. The topological polar surface area (TPSA) is 65.8 Å². The van der Waals surface area contributed by atoms with E-state index in [4.69, 9.17) is 4.74 Å². The summed E-state index contributed by atoms with van der Waals surface area (Å²) in [6, 6.07) is 10.7. The molecule has 2 N–H and O–H groups in total. The summed E-state index contributed by atoms with van der Waals surface area (Å²) < 4.78 is 6.19. The highest BCUT2D eigenvalue weighted by Crippen LogP contribution is 2.40. The van der Waals surface area contributed by atoms with Crippen LogP contribution in [0.2, 0.25) is 0 Å². The Bertz CT molecular complexity index is 735. The predicted molar refractivity (Wildman–Crippen MR) is 99.1 cm³/mol. The number of phenolic OH excluding ortho intramolecular Hbond substituents is 1. The van der Waals surface area contributed by atoms with Gasteiger partial charge in [0, 0.05) is 25.8 Å². The van der Waals surface area contributed by atoms with Crippen molar-refractivity contribution in [3.05, 3.63) is 53.9 Å². The van der Waals surface area contributed by atoms with E-state index >= 15 is 0 Å². The van der Waals surface area contributed by atoms with Gasteiger partial charge in [0.15, 0.2) is 0 Å². The molecule has 4 rings (SSSR count). The van der Waals surface area contributed by atoms with Crippen molar-refractivity contribution < 1.29 is 14.9 Å². The number of β-amino-alcohol motifs (C(OH)–C–C–N with tert-alkyl or cyclic N) is 1. The second kappa shape index (κ2) is 7.25. The summed E-state index contributed by atoms with van der Waals surface area (Å²) >= 11 is 0. The van der Waals surface area contributed by atoms with Crippen LogP contribution in [0.3, 0.4) is 0 Å². The van der Waals surface area contributed by atoms with Crippen molar-refractivity contribution in [1.82, 2.24) is 9.88 Å². The van der Waals surface area contributed by atoms with Gasteiger partial charge in [0.1, 0.15) is 11.5 Å². The number of benzene rings is 1. The van der Waals surface area contributed by atoms with Crippen LogP contribution in [0.1, 0.15) is 30.2 Å². The maximum atomic E-state index is 10.5. The quantitative estimate of drug-likeness (QED) is 0.864. The highest BCUT2D eigenvalue weighted by molar-refractivity contribution is 5.27. The molecular weight excluding hydrogens is 328 g/mol. The van der Waals surface area contributed by atoms with Crippen LogP contribution >= 0.6 is 0 Å². The van der Waals surface area contributed by atoms with Gasteiger partial charge < -0.3 is 14.9 Å². The molecule has 2 heterocycles. The average molecular weight is 354 g/mol. The van der Waals surface area contributed by atoms with Crippen molar-refractivity contribution in [2.45, 2.75) is 32.0 Å². The van der Waals surface area contributed by atoms with E-state index in [-0.39, 0.29) is 11.9 Å². The van der Waals surface area contributed by atoms with Crippen molar-refractivity contribution in [3.8, 4) is 11.5 Å². The number of fused-ring (bicyclic) bond motifs is 1. The van der Waals surface area contributed by atoms with Crippen molar-refractivity contribution >= 4 is 0 Å². The van der Waals surface area contributed by atoms with Gasteiger partial charge in [-0.05, 0) is 61.4 Å². The third-order valence-electron chi connectivity index (χ3n) is 5.74. The minimum absolute atomic E-state index is 0.228. The fraction of sp³-hybridized carbons (Fsp3) is 0.476. The first-order chi connectivity index (χ1) is 12.6. The van der Waals surface area contributed by atoms with E-state index in [2.05, 4.69) is 9.88 Å². The molecule has 1 aromatic carbocycles. The van der Waals surface area contributed by atoms with Crippen LogP contribution in [0.15, 0.2) is 42.6 Å². The molecule has 5 heteroatoms. The third kappa shape index (κ3) is 3.69. The molecule has 26 heavy (non-hydrogen) atoms. The number of aliphatic hydroxyl groups excluding tert-OH is 1. The van der Waals surface area contributed by atoms with E-state index in [9.17, 15) is 10.2 Å². The van der Waals surface area contributed by atoms with Gasteiger partial charge in [-0.15, -0.1) is 0 Å². The van der Waals surface area contributed by atoms with Gasteiger partial charge in [0.25, 0.3) is 0 Å². The predicted octanol–water partition coefficient (Wildman–Crippen LogP) is 2.92. The van der Waals surface area contributed by atoms with Crippen LogP contribution < -0.4 is 4.74 Å². The molecule has 1 aromatic heterocycles. The number of aromatic nitrogens is 1. The molecule has 2 aromatic rings. The van der Waals surface area contributed by atoms with Gasteiger partial charge in [-0.1, -0.05) is 12.1 Å². The Morgan fingerprint density at radius 3 is 2.50 bits per heavy atom. The zero-order valence-corrected chi connectivity index (χ0v) is 15.1. The molecule has 0 spiro atoms. The number of phenols is 1. The van der Waals surface area contributed by atoms with Crippen LogP contribution in [-0.2, 0) is 0 Å². The number of aryl methyl sites for hydroxylation is 1. The summed E-state index contributed by atoms with van der Waals surface area (Å²) in [6.07, 6.45) is 3.70. The van der Waals surface area contributed by atoms with Gasteiger partial charge in [-0.3, -0.25) is 9.88 Å². The molecule has 2 fully saturated rings. The molecule has 0 bridgehead atoms. The van der Waals surface area contributed by atoms with Gasteiger partial charge in [0.05, 0.1) is 17.9 Å². The summed E-state index contributed by atoms with van der Waals surface area (Å²) in [4.78, 5) is 6.66. The number of hydrogen-bond acceptors (Lipinski definition) is 5. The van der Waals surface area contributed by atoms with Crippen LogP contribution in [0.25, 0.3) is 0 Å². The molecule has 1 unspecified atom stereocenters. The average Bonchev–Trinajstić information content (AvgIpc) is 3.15. The summed E-state index contributed by atoms with van der Waals surface area (Å²) in [5.41, 5.74) is 1.80. The molecule has 4 atom stereocenters. The first kappa shape index (κ1) is 17.3. The number of aliphatic hydroxyl groups is 1. The van der Waals surface area contributed by atoms with E-state index in [1.165, 1.54) is 0 Å². The minimum atomic E-state index is -0.514. The Labute approximate surface area is 154 Å². The van der Waals surface area contributed by atoms with Crippen LogP contribution in [0.5, 0.6) is 11.5 Å². The summed E-state index contributed by atoms with van der Waals surface area (Å²) in [6.45, 7) is 4.67. The van der Waals surface area contributed by atoms with E-state index in [0.717, 1.165) is 42.9 Å². The second-order valence-corrected chi connectivity index (χ2v) is 7.64. The van der Waals surface area contributed by atoms with Gasteiger partial charge in [0.2, 0.25) is 0 Å². The summed E-state index contributed by atoms with van der Waals surface area (Å²) in [5.74, 6) is 2.41. The van der Waals surface area contributed by atoms with Crippen LogP contribution in [0, 0.1) is 18.8 Å². The number of aromatic hydroxyl groups is 1. The van der Waals surface area contributed by atoms with E-state index in [1.807, 2.05) is 19.1 Å². The van der Waals surface area contributed by atoms with E-state index in [0.29, 0.717) is 18.4 Å². The fourth-order valence-corrected chi connectivity index (χ4v) is 4.41. The molecule has 0 amide bonds. The van der Waals surface area contributed by atoms with Crippen LogP contribution in [0.4, 0.5) is 0 Å². The number of pyridine rings is 1. The van der Waals surface area contributed by atoms with E-state index in [1.54, 1.807) is 30.5 Å². The van der Waals surface area contributed by atoms with Gasteiger partial charge >= 0.3 is 0 Å². The normalized spacial score (nSPS) is 26.6. The number of nitrogens with zero attached hydrogens (tertiary/aromatic N) is 2. The number of hydrogen-bond donors (Lipinski definition) is 2. The van der Waals surface area contributed by atoms with Gasteiger partial charge in [-0.25, -0.2) is 0 Å². The molecule has 2 aliphatic rings. The smallest absolute Gasteiger partial charge is 0.140 e. The van der Waals surface area contributed by atoms with Crippen molar-refractivity contribution in [2.24, 2.45) is 11.8 Å². The Balaban J connectivity index is 1.29. The second-order valence-electron chi connectivity index (χ2n) is 7.64. The van der Waals surface area contributed by atoms with Crippen molar-refractivity contribution in [2.75, 3.05) is 19.6 Å². The lowest BCUT2D eigenvalue weighted by molar-refractivity contribution is 0.116. The Morgan fingerprint density at radius 1 is 1.15 bits per heavy atom. The largest absolute Gasteiger partial charge is 0.508 e. The number of ether oxygens (including phenoxy) is 1. The number of likely N-dealkylation sites (tertiary alicyclic amines) is 1. The highest BCUT2D eigenvalue weighted by atomic mass is 16.5. The third-order valence-corrected chi connectivity index (χ3v) is 5.74. The molecule has 0 radical (unpaired) electrons. The molecule has 1 aliphatic carbocycles. The SMILES string of the molecule is Cc1ncccc1O[C@H]1C[C@@H]2CN(CC(O)c3ccc(O)cc3)C[C@@H]2C1. The standard InChI is InChI=1S/C21H26N2O3/c1-14-21(3-2-8-22-14)26-19-9-16-11-23(12-17(16)10-19)13-20(25)15-4-6-18(24)7-5-15/h2-8,16-17,19-20,24-25H,9-13H2,1H3/t16-,17+,19+,20?. The fourth-order valence-electron chi connectivity index (χ4n) is 4.41. The lowest BCUT2D eigenvalue weighted by atomic mass is 10.0. The van der Waals surface area contributed by atoms with Gasteiger partial charge in [-0.2, -0.15) is 0 Å². The maximum Gasteiger partial charge on any atom is 0.140 e. The lowest BCUT2D eigenvalue weighted by Gasteiger charge is -2.22. The van der Waals surface area contributed by atoms with Crippen LogP contribution in [-0.4, -0.2) is 45.8 Å². The molecular formula is C21H26N2O3. The Kier molecular flexibility index (Phi) is 4.83. The molecule has 1 saturated carbocycles. The molecule has 1 saturated heterocycles. The first-order valence-corrected chi connectivity index (χ1v) is 9.36. The zero-order chi connectivity index (χ0) is 18.1.